The molecule has 0 aromatic heterocycles. The lowest BCUT2D eigenvalue weighted by molar-refractivity contribution is -0.137. The average Bonchev–Trinajstić information content (AvgIpc) is 3.65. The van der Waals surface area contributed by atoms with Gasteiger partial charge in [0.25, 0.3) is 11.8 Å². The molecule has 7 heteroatoms. The lowest BCUT2D eigenvalue weighted by atomic mass is 9.84. The molecule has 2 aromatic rings. The molecule has 3 amide bonds. The summed E-state index contributed by atoms with van der Waals surface area (Å²) in [5.41, 5.74) is 2.12. The van der Waals surface area contributed by atoms with Crippen molar-refractivity contribution in [2.24, 2.45) is 0 Å². The van der Waals surface area contributed by atoms with Crippen molar-refractivity contribution in [3.8, 4) is 0 Å². The third-order valence-corrected chi connectivity index (χ3v) is 7.73. The number of carbonyl (C=O) groups excluding carboxylic acids is 3. The molecule has 2 saturated heterocycles. The van der Waals surface area contributed by atoms with Crippen molar-refractivity contribution in [3.05, 3.63) is 65.7 Å². The summed E-state index contributed by atoms with van der Waals surface area (Å²) in [4.78, 5) is 45.2. The molecular formula is C29H36N4O3. The van der Waals surface area contributed by atoms with Crippen LogP contribution in [-0.2, 0) is 15.0 Å². The van der Waals surface area contributed by atoms with Crippen LogP contribution in [0.15, 0.2) is 54.6 Å². The number of hydrogen-bond donors (Lipinski definition) is 1. The number of piperidine rings is 1. The van der Waals surface area contributed by atoms with Gasteiger partial charge in [-0.1, -0.05) is 51.1 Å². The molecule has 0 bridgehead atoms. The Kier molecular flexibility index (Phi) is 6.27. The zero-order valence-electron chi connectivity index (χ0n) is 21.5. The highest BCUT2D eigenvalue weighted by Crippen LogP contribution is 2.39. The van der Waals surface area contributed by atoms with Crippen molar-refractivity contribution in [2.75, 3.05) is 31.2 Å². The second-order valence-electron chi connectivity index (χ2n) is 11.4. The molecule has 36 heavy (non-hydrogen) atoms. The van der Waals surface area contributed by atoms with Gasteiger partial charge in [0.15, 0.2) is 0 Å². The molecule has 1 aliphatic carbocycles. The summed E-state index contributed by atoms with van der Waals surface area (Å²) in [5.74, 6) is -0.108. The Balaban J connectivity index is 1.32. The first kappa shape index (κ1) is 24.3. The number of likely N-dealkylation sites (tertiary alicyclic amines) is 1. The first-order valence-electron chi connectivity index (χ1n) is 13.0. The zero-order chi connectivity index (χ0) is 25.5. The third-order valence-electron chi connectivity index (χ3n) is 7.73. The van der Waals surface area contributed by atoms with E-state index in [4.69, 9.17) is 0 Å². The quantitative estimate of drug-likeness (QED) is 0.699. The van der Waals surface area contributed by atoms with Crippen LogP contribution < -0.4 is 10.2 Å². The van der Waals surface area contributed by atoms with Crippen LogP contribution in [0.4, 0.5) is 5.69 Å². The molecule has 7 nitrogen and oxygen atoms in total. The van der Waals surface area contributed by atoms with Crippen LogP contribution in [0, 0.1) is 0 Å². The van der Waals surface area contributed by atoms with Crippen molar-refractivity contribution in [2.45, 2.75) is 63.5 Å². The van der Waals surface area contributed by atoms with Crippen molar-refractivity contribution < 1.29 is 14.4 Å². The molecule has 1 N–H and O–H groups in total. The number of nitrogens with zero attached hydrogens (tertiary/aromatic N) is 3. The molecule has 190 valence electrons. The minimum Gasteiger partial charge on any atom is -0.352 e. The van der Waals surface area contributed by atoms with Gasteiger partial charge < -0.3 is 20.0 Å². The van der Waals surface area contributed by atoms with Crippen LogP contribution in [-0.4, -0.2) is 65.4 Å². The number of nitrogens with one attached hydrogen (secondary N) is 1. The molecule has 2 aromatic carbocycles. The Morgan fingerprint density at radius 3 is 2.19 bits per heavy atom. The van der Waals surface area contributed by atoms with Crippen LogP contribution in [0.5, 0.6) is 0 Å². The van der Waals surface area contributed by atoms with E-state index < -0.39 is 5.54 Å². The average molecular weight is 489 g/mol. The Hall–Kier alpha value is -3.35. The highest BCUT2D eigenvalue weighted by molar-refractivity contribution is 5.97. The van der Waals surface area contributed by atoms with Gasteiger partial charge in [-0.25, -0.2) is 0 Å². The van der Waals surface area contributed by atoms with Crippen LogP contribution in [0.1, 0.15) is 62.4 Å². The SMILES string of the molecule is CC(C)(C)c1ccc(C(=O)N2CCC3(CC2)C(=O)N(CC(=O)NC2CC2)CN3c2ccccc2)cc1. The first-order valence-corrected chi connectivity index (χ1v) is 13.0. The molecule has 3 fully saturated rings. The lowest BCUT2D eigenvalue weighted by Crippen LogP contribution is -2.57. The van der Waals surface area contributed by atoms with Gasteiger partial charge in [-0.15, -0.1) is 0 Å². The smallest absolute Gasteiger partial charge is 0.253 e. The Bertz CT molecular complexity index is 1130. The summed E-state index contributed by atoms with van der Waals surface area (Å²) in [6, 6.07) is 18.1. The Morgan fingerprint density at radius 1 is 0.972 bits per heavy atom. The van der Waals surface area contributed by atoms with Crippen molar-refractivity contribution in [3.63, 3.8) is 0 Å². The fourth-order valence-electron chi connectivity index (χ4n) is 5.37. The molecule has 0 unspecified atom stereocenters. The van der Waals surface area contributed by atoms with E-state index in [2.05, 4.69) is 31.0 Å². The zero-order valence-corrected chi connectivity index (χ0v) is 21.5. The number of benzene rings is 2. The summed E-state index contributed by atoms with van der Waals surface area (Å²) in [5, 5.41) is 3.00. The number of rotatable bonds is 5. The Labute approximate surface area is 213 Å². The number of hydrogen-bond acceptors (Lipinski definition) is 4. The highest BCUT2D eigenvalue weighted by atomic mass is 16.2. The molecule has 2 heterocycles. The van der Waals surface area contributed by atoms with E-state index in [9.17, 15) is 14.4 Å². The molecule has 0 atom stereocenters. The lowest BCUT2D eigenvalue weighted by Gasteiger charge is -2.43. The number of carbonyl (C=O) groups is 3. The van der Waals surface area contributed by atoms with Gasteiger partial charge >= 0.3 is 0 Å². The van der Waals surface area contributed by atoms with Gasteiger partial charge in [0.05, 0.1) is 6.67 Å². The van der Waals surface area contributed by atoms with Crippen molar-refractivity contribution >= 4 is 23.4 Å². The third kappa shape index (κ3) is 4.71. The van der Waals surface area contributed by atoms with E-state index in [0.717, 1.165) is 18.5 Å². The van der Waals surface area contributed by atoms with E-state index in [0.29, 0.717) is 38.2 Å². The number of para-hydroxylation sites is 1. The van der Waals surface area contributed by atoms with E-state index >= 15 is 0 Å². The van der Waals surface area contributed by atoms with E-state index in [1.54, 1.807) is 4.90 Å². The molecule has 5 rings (SSSR count). The molecule has 1 saturated carbocycles. The number of anilines is 1. The summed E-state index contributed by atoms with van der Waals surface area (Å²) in [6.07, 6.45) is 3.10. The predicted octanol–water partition coefficient (Wildman–Crippen LogP) is 3.54. The molecule has 1 spiro atoms. The van der Waals surface area contributed by atoms with Crippen LogP contribution in [0.3, 0.4) is 0 Å². The molecular weight excluding hydrogens is 452 g/mol. The van der Waals surface area contributed by atoms with E-state index in [-0.39, 0.29) is 35.7 Å². The van der Waals surface area contributed by atoms with Gasteiger partial charge in [0.2, 0.25) is 5.91 Å². The Morgan fingerprint density at radius 2 is 1.61 bits per heavy atom. The van der Waals surface area contributed by atoms with Crippen LogP contribution in [0.2, 0.25) is 0 Å². The van der Waals surface area contributed by atoms with Gasteiger partial charge in [0.1, 0.15) is 12.1 Å². The van der Waals surface area contributed by atoms with Crippen molar-refractivity contribution in [1.82, 2.24) is 15.1 Å². The summed E-state index contributed by atoms with van der Waals surface area (Å²) in [6.45, 7) is 7.91. The van der Waals surface area contributed by atoms with Gasteiger partial charge in [-0.05, 0) is 60.9 Å². The monoisotopic (exact) mass is 488 g/mol. The fourth-order valence-corrected chi connectivity index (χ4v) is 5.37. The second-order valence-corrected chi connectivity index (χ2v) is 11.4. The normalized spacial score (nSPS) is 19.6. The maximum absolute atomic E-state index is 13.8. The predicted molar refractivity (Wildman–Crippen MR) is 140 cm³/mol. The summed E-state index contributed by atoms with van der Waals surface area (Å²) in [7, 11) is 0. The van der Waals surface area contributed by atoms with E-state index in [1.165, 1.54) is 5.56 Å². The maximum Gasteiger partial charge on any atom is 0.253 e. The van der Waals surface area contributed by atoms with E-state index in [1.807, 2.05) is 59.5 Å². The fraction of sp³-hybridized carbons (Fsp3) is 0.483. The maximum atomic E-state index is 13.8. The number of amides is 3. The molecule has 3 aliphatic rings. The van der Waals surface area contributed by atoms with Gasteiger partial charge in [0, 0.05) is 30.4 Å². The molecule has 2 aliphatic heterocycles. The van der Waals surface area contributed by atoms with Crippen molar-refractivity contribution in [1.29, 1.82) is 0 Å². The van der Waals surface area contributed by atoms with Gasteiger partial charge in [-0.2, -0.15) is 0 Å². The topological polar surface area (TPSA) is 73.0 Å². The second kappa shape index (κ2) is 9.26. The molecule has 0 radical (unpaired) electrons. The highest BCUT2D eigenvalue weighted by Gasteiger charge is 2.54. The summed E-state index contributed by atoms with van der Waals surface area (Å²) >= 11 is 0. The van der Waals surface area contributed by atoms with Crippen LogP contribution >= 0.6 is 0 Å². The minimum absolute atomic E-state index is 0.00248. The summed E-state index contributed by atoms with van der Waals surface area (Å²) < 4.78 is 0. The van der Waals surface area contributed by atoms with Gasteiger partial charge in [-0.3, -0.25) is 14.4 Å². The first-order chi connectivity index (χ1) is 17.2. The van der Waals surface area contributed by atoms with Crippen LogP contribution in [0.25, 0.3) is 0 Å². The minimum atomic E-state index is -0.742. The standard InChI is InChI=1S/C29H36N4O3/c1-28(2,3)22-11-9-21(10-12-22)26(35)31-17-15-29(16-18-31)27(36)32(19-25(34)30-23-13-14-23)20-33(29)24-7-5-4-6-8-24/h4-12,23H,13-20H2,1-3H3,(H,30,34). The largest absolute Gasteiger partial charge is 0.352 e.